The van der Waals surface area contributed by atoms with Gasteiger partial charge in [-0.05, 0) is 98.6 Å². The fourth-order valence-corrected chi connectivity index (χ4v) is 8.17. The number of piperazine rings is 1. The van der Waals surface area contributed by atoms with Gasteiger partial charge < -0.3 is 34.1 Å². The molecule has 0 unspecified atom stereocenters. The Morgan fingerprint density at radius 3 is 2.49 bits per heavy atom. The van der Waals surface area contributed by atoms with Crippen molar-refractivity contribution in [3.63, 3.8) is 0 Å². The summed E-state index contributed by atoms with van der Waals surface area (Å²) in [4.78, 5) is 37.6. The maximum atomic E-state index is 13.1. The summed E-state index contributed by atoms with van der Waals surface area (Å²) in [7, 11) is 5.94. The van der Waals surface area contributed by atoms with E-state index in [1.54, 1.807) is 11.9 Å². The molecule has 1 saturated heterocycles. The van der Waals surface area contributed by atoms with Crippen molar-refractivity contribution >= 4 is 45.7 Å². The van der Waals surface area contributed by atoms with Crippen LogP contribution in [0.5, 0.6) is 11.5 Å². The summed E-state index contributed by atoms with van der Waals surface area (Å²) < 4.78 is 11.0. The molecule has 4 aliphatic rings. The van der Waals surface area contributed by atoms with Crippen LogP contribution in [-0.4, -0.2) is 85.1 Å². The summed E-state index contributed by atoms with van der Waals surface area (Å²) in [5.41, 5.74) is 9.41. The summed E-state index contributed by atoms with van der Waals surface area (Å²) in [6, 6.07) is 28.0. The second kappa shape index (κ2) is 13.6. The number of ether oxygens (including phenoxy) is 2. The number of aryl methyl sites for hydroxylation is 2. The number of H-pyrrole nitrogens is 1. The van der Waals surface area contributed by atoms with Gasteiger partial charge in [0.05, 0.1) is 12.6 Å². The zero-order valence-electron chi connectivity index (χ0n) is 29.2. The van der Waals surface area contributed by atoms with Crippen molar-refractivity contribution in [2.24, 2.45) is 0 Å². The second-order valence-corrected chi connectivity index (χ2v) is 14.4. The van der Waals surface area contributed by atoms with Crippen LogP contribution < -0.4 is 14.4 Å². The number of nitrogens with zero attached hydrogens (tertiary/aromatic N) is 4. The van der Waals surface area contributed by atoms with Gasteiger partial charge in [-0.2, -0.15) is 0 Å². The molecule has 0 radical (unpaired) electrons. The molecule has 4 aliphatic heterocycles. The van der Waals surface area contributed by atoms with E-state index in [0.717, 1.165) is 65.1 Å². The van der Waals surface area contributed by atoms with Crippen LogP contribution in [0.25, 0.3) is 10.9 Å². The molecule has 9 nitrogen and oxygen atoms in total. The highest BCUT2D eigenvalue weighted by Gasteiger charge is 2.47. The van der Waals surface area contributed by atoms with E-state index < -0.39 is 6.04 Å². The number of para-hydroxylation sites is 2. The van der Waals surface area contributed by atoms with Crippen LogP contribution in [0.3, 0.4) is 0 Å². The molecule has 0 bridgehead atoms. The van der Waals surface area contributed by atoms with Crippen LogP contribution in [0.15, 0.2) is 84.9 Å². The van der Waals surface area contributed by atoms with E-state index in [4.69, 9.17) is 21.1 Å². The lowest BCUT2D eigenvalue weighted by atomic mass is 9.86. The maximum Gasteiger partial charge on any atom is 0.245 e. The van der Waals surface area contributed by atoms with Crippen molar-refractivity contribution in [2.45, 2.75) is 37.8 Å². The Kier molecular flexibility index (Phi) is 8.86. The zero-order valence-corrected chi connectivity index (χ0v) is 30.0. The summed E-state index contributed by atoms with van der Waals surface area (Å²) in [5.74, 6) is 1.28. The van der Waals surface area contributed by atoms with E-state index >= 15 is 0 Å². The molecule has 2 atom stereocenters. The Labute approximate surface area is 303 Å². The number of hydrogen-bond donors (Lipinski definition) is 1. The molecular weight excluding hydrogens is 662 g/mol. The van der Waals surface area contributed by atoms with Crippen LogP contribution in [0.4, 0.5) is 11.4 Å². The third kappa shape index (κ3) is 6.19. The van der Waals surface area contributed by atoms with Gasteiger partial charge in [-0.25, -0.2) is 0 Å². The lowest BCUT2D eigenvalue weighted by Gasteiger charge is -2.46. The van der Waals surface area contributed by atoms with Crippen molar-refractivity contribution in [3.8, 4) is 11.5 Å². The third-order valence-corrected chi connectivity index (χ3v) is 10.7. The molecule has 262 valence electrons. The highest BCUT2D eigenvalue weighted by molar-refractivity contribution is 6.30. The minimum Gasteiger partial charge on any atom is -0.454 e. The number of carbonyl (C=O) groups is 2. The molecule has 1 fully saturated rings. The topological polar surface area (TPSA) is 81.3 Å². The minimum atomic E-state index is -0.511. The van der Waals surface area contributed by atoms with Gasteiger partial charge in [0.1, 0.15) is 6.04 Å². The van der Waals surface area contributed by atoms with Crippen LogP contribution in [-0.2, 0) is 28.9 Å². The van der Waals surface area contributed by atoms with Gasteiger partial charge >= 0.3 is 0 Å². The fourth-order valence-electron chi connectivity index (χ4n) is 8.01. The number of nitrogens with one attached hydrogen (secondary N) is 1. The van der Waals surface area contributed by atoms with Crippen LogP contribution in [0.2, 0.25) is 5.02 Å². The first-order valence-electron chi connectivity index (χ1n) is 17.6. The number of aromatic nitrogens is 1. The lowest BCUT2D eigenvalue weighted by molar-refractivity contribution is -0.157. The number of likely N-dealkylation sites (N-methyl/N-ethyl adjacent to an activating group) is 1. The molecule has 0 spiro atoms. The zero-order chi connectivity index (χ0) is 35.2. The standard InChI is InChI=1S/C22H19N3O4.C19H23ClN2/c1-24-10-19(26)25-16(22(24)27)9-14-13-4-2-3-5-15(13)23-20(14)21(25)12-6-7-17-18(8-12)29-11-28-17;1-21(2)12-5-13-22-18-7-4-3-6-15(18)8-9-16-10-11-17(20)14-19(16)22/h2-8,16,21,23H,9-11H2,1H3;3-4,6-7,10-11,14H,5,8-9,12-13H2,1-2H3/t16-,21-;/m1./s1. The number of halogens is 1. The van der Waals surface area contributed by atoms with Gasteiger partial charge in [0, 0.05) is 53.0 Å². The average Bonchev–Trinajstić information content (AvgIpc) is 3.72. The second-order valence-electron chi connectivity index (χ2n) is 14.0. The SMILES string of the molecule is CN(C)CCCN1c2ccccc2CCc2ccc(Cl)cc21.CN1CC(=O)N2[C@H](c3ccc4c(c3)OCO4)c3[nH]c4ccccc4c3C[C@@H]2C1=O. The molecule has 5 aromatic rings. The number of carbonyl (C=O) groups excluding carboxylic acids is 2. The Morgan fingerprint density at radius 1 is 0.882 bits per heavy atom. The van der Waals surface area contributed by atoms with Crippen molar-refractivity contribution in [2.75, 3.05) is 52.5 Å². The van der Waals surface area contributed by atoms with E-state index in [1.807, 2.05) is 42.5 Å². The van der Waals surface area contributed by atoms with Crippen molar-refractivity contribution in [3.05, 3.63) is 118 Å². The summed E-state index contributed by atoms with van der Waals surface area (Å²) in [5, 5.41) is 1.91. The number of anilines is 2. The van der Waals surface area contributed by atoms with E-state index in [-0.39, 0.29) is 31.2 Å². The van der Waals surface area contributed by atoms with Gasteiger partial charge in [-0.1, -0.05) is 60.1 Å². The molecule has 5 heterocycles. The molecule has 1 aromatic heterocycles. The monoisotopic (exact) mass is 703 g/mol. The molecule has 2 amide bonds. The van der Waals surface area contributed by atoms with Gasteiger partial charge in [0.25, 0.3) is 0 Å². The normalized spacial score (nSPS) is 18.9. The van der Waals surface area contributed by atoms with Crippen molar-refractivity contribution < 1.29 is 19.1 Å². The molecular formula is C41H42ClN5O4. The lowest BCUT2D eigenvalue weighted by Crippen LogP contribution is -2.62. The summed E-state index contributed by atoms with van der Waals surface area (Å²) in [6.07, 6.45) is 3.81. The predicted molar refractivity (Wildman–Crippen MR) is 200 cm³/mol. The Bertz CT molecular complexity index is 2130. The van der Waals surface area contributed by atoms with Gasteiger partial charge in [0.15, 0.2) is 11.5 Å². The first kappa shape index (κ1) is 33.2. The number of benzene rings is 4. The number of aromatic amines is 1. The van der Waals surface area contributed by atoms with Gasteiger partial charge in [-0.15, -0.1) is 0 Å². The van der Waals surface area contributed by atoms with Crippen molar-refractivity contribution in [1.82, 2.24) is 19.7 Å². The quantitative estimate of drug-likeness (QED) is 0.219. The maximum absolute atomic E-state index is 13.1. The molecule has 10 heteroatoms. The number of rotatable bonds is 5. The Balaban J connectivity index is 0.000000153. The van der Waals surface area contributed by atoms with E-state index in [9.17, 15) is 9.59 Å². The number of hydrogen-bond acceptors (Lipinski definition) is 6. The van der Waals surface area contributed by atoms with Crippen LogP contribution in [0, 0.1) is 0 Å². The van der Waals surface area contributed by atoms with Crippen LogP contribution >= 0.6 is 11.6 Å². The largest absolute Gasteiger partial charge is 0.454 e. The highest BCUT2D eigenvalue weighted by Crippen LogP contribution is 2.45. The van der Waals surface area contributed by atoms with E-state index in [2.05, 4.69) is 71.3 Å². The van der Waals surface area contributed by atoms with E-state index in [1.165, 1.54) is 27.4 Å². The summed E-state index contributed by atoms with van der Waals surface area (Å²) in [6.45, 7) is 2.39. The highest BCUT2D eigenvalue weighted by atomic mass is 35.5. The van der Waals surface area contributed by atoms with Crippen molar-refractivity contribution in [1.29, 1.82) is 0 Å². The van der Waals surface area contributed by atoms with E-state index in [0.29, 0.717) is 17.9 Å². The molecule has 1 N–H and O–H groups in total. The molecule has 4 aromatic carbocycles. The molecule has 9 rings (SSSR count). The Hall–Kier alpha value is -4.99. The molecule has 51 heavy (non-hydrogen) atoms. The first-order valence-corrected chi connectivity index (χ1v) is 18.0. The number of fused-ring (bicyclic) bond motifs is 7. The van der Waals surface area contributed by atoms with Gasteiger partial charge in [0.2, 0.25) is 18.6 Å². The molecule has 0 aliphatic carbocycles. The average molecular weight is 704 g/mol. The predicted octanol–water partition coefficient (Wildman–Crippen LogP) is 6.74. The fraction of sp³-hybridized carbons (Fsp3) is 0.317. The van der Waals surface area contributed by atoms with Crippen LogP contribution in [0.1, 0.15) is 40.4 Å². The first-order chi connectivity index (χ1) is 24.8. The molecule has 0 saturated carbocycles. The number of amides is 2. The van der Waals surface area contributed by atoms with Gasteiger partial charge in [-0.3, -0.25) is 9.59 Å². The third-order valence-electron chi connectivity index (χ3n) is 10.4. The smallest absolute Gasteiger partial charge is 0.245 e. The summed E-state index contributed by atoms with van der Waals surface area (Å²) >= 11 is 6.27. The minimum absolute atomic E-state index is 0.0220. The Morgan fingerprint density at radius 2 is 1.65 bits per heavy atom.